The van der Waals surface area contributed by atoms with Crippen LogP contribution in [0.4, 0.5) is 0 Å². The molecule has 0 aromatic heterocycles. The van der Waals surface area contributed by atoms with Gasteiger partial charge in [-0.15, -0.1) is 0 Å². The van der Waals surface area contributed by atoms with E-state index in [1.807, 2.05) is 0 Å². The Kier molecular flexibility index (Phi) is 9.08. The van der Waals surface area contributed by atoms with Gasteiger partial charge in [0.2, 0.25) is 0 Å². The monoisotopic (exact) mass is 272 g/mol. The number of hydrogen-bond acceptors (Lipinski definition) is 4. The lowest BCUT2D eigenvalue weighted by Gasteiger charge is -2.22. The van der Waals surface area contributed by atoms with Gasteiger partial charge in [0.05, 0.1) is 6.61 Å². The minimum atomic E-state index is -0.113. The van der Waals surface area contributed by atoms with Crippen molar-refractivity contribution in [2.75, 3.05) is 27.4 Å². The molecule has 1 aliphatic heterocycles. The van der Waals surface area contributed by atoms with E-state index in [-0.39, 0.29) is 12.6 Å². The van der Waals surface area contributed by atoms with Crippen LogP contribution in [-0.2, 0) is 18.9 Å². The molecule has 0 N–H and O–H groups in total. The van der Waals surface area contributed by atoms with Gasteiger partial charge in [-0.3, -0.25) is 0 Å². The Morgan fingerprint density at radius 1 is 1.32 bits per heavy atom. The van der Waals surface area contributed by atoms with Gasteiger partial charge in [-0.1, -0.05) is 18.6 Å². The lowest BCUT2D eigenvalue weighted by molar-refractivity contribution is -0.155. The van der Waals surface area contributed by atoms with Gasteiger partial charge in [0.15, 0.2) is 12.6 Å². The summed E-state index contributed by atoms with van der Waals surface area (Å²) in [6, 6.07) is 0. The van der Waals surface area contributed by atoms with E-state index in [0.29, 0.717) is 6.61 Å². The second-order valence-electron chi connectivity index (χ2n) is 4.79. The molecule has 19 heavy (non-hydrogen) atoms. The van der Waals surface area contributed by atoms with Crippen LogP contribution in [0.25, 0.3) is 0 Å². The summed E-state index contributed by atoms with van der Waals surface area (Å²) < 4.78 is 21.6. The summed E-state index contributed by atoms with van der Waals surface area (Å²) >= 11 is 0. The number of rotatable bonds is 9. The smallest absolute Gasteiger partial charge is 0.157 e. The number of allylic oxidation sites excluding steroid dienone is 1. The molecule has 1 unspecified atom stereocenters. The molecule has 1 fully saturated rings. The van der Waals surface area contributed by atoms with Crippen molar-refractivity contribution in [2.24, 2.45) is 0 Å². The Morgan fingerprint density at radius 2 is 2.11 bits per heavy atom. The summed E-state index contributed by atoms with van der Waals surface area (Å²) in [5.41, 5.74) is 1.38. The van der Waals surface area contributed by atoms with Gasteiger partial charge in [0, 0.05) is 27.2 Å². The second-order valence-corrected chi connectivity index (χ2v) is 4.79. The molecule has 0 aromatic carbocycles. The molecule has 0 amide bonds. The predicted octanol–water partition coefficient (Wildman–Crippen LogP) is 3.27. The highest BCUT2D eigenvalue weighted by atomic mass is 16.7. The highest BCUT2D eigenvalue weighted by molar-refractivity contribution is 5.01. The van der Waals surface area contributed by atoms with Crippen molar-refractivity contribution in [3.63, 3.8) is 0 Å². The van der Waals surface area contributed by atoms with Gasteiger partial charge in [0.25, 0.3) is 0 Å². The molecule has 0 bridgehead atoms. The fourth-order valence-electron chi connectivity index (χ4n) is 2.17. The summed E-state index contributed by atoms with van der Waals surface area (Å²) in [5, 5.41) is 0. The molecular weight excluding hydrogens is 244 g/mol. The van der Waals surface area contributed by atoms with Gasteiger partial charge in [-0.05, 0) is 32.1 Å². The van der Waals surface area contributed by atoms with E-state index in [9.17, 15) is 0 Å². The molecular formula is C15H28O4. The Morgan fingerprint density at radius 3 is 2.68 bits per heavy atom. The van der Waals surface area contributed by atoms with Crippen LogP contribution in [0.2, 0.25) is 0 Å². The zero-order valence-corrected chi connectivity index (χ0v) is 12.5. The van der Waals surface area contributed by atoms with Crippen molar-refractivity contribution in [3.8, 4) is 0 Å². The number of hydrogen-bond donors (Lipinski definition) is 0. The van der Waals surface area contributed by atoms with Gasteiger partial charge in [-0.25, -0.2) is 0 Å². The molecule has 0 aromatic rings. The molecule has 0 saturated carbocycles. The van der Waals surface area contributed by atoms with Crippen molar-refractivity contribution in [3.05, 3.63) is 11.6 Å². The van der Waals surface area contributed by atoms with Crippen LogP contribution in [-0.4, -0.2) is 40.0 Å². The van der Waals surface area contributed by atoms with E-state index in [2.05, 4.69) is 13.0 Å². The first-order valence-corrected chi connectivity index (χ1v) is 7.26. The Balaban J connectivity index is 2.22. The average Bonchev–Trinajstić information content (AvgIpc) is 2.47. The summed E-state index contributed by atoms with van der Waals surface area (Å²) in [7, 11) is 3.35. The summed E-state index contributed by atoms with van der Waals surface area (Å²) in [4.78, 5) is 0. The maximum absolute atomic E-state index is 5.71. The first-order valence-electron chi connectivity index (χ1n) is 7.26. The maximum atomic E-state index is 5.71. The Bertz CT molecular complexity index is 243. The van der Waals surface area contributed by atoms with Crippen LogP contribution in [0, 0.1) is 0 Å². The van der Waals surface area contributed by atoms with Crippen molar-refractivity contribution < 1.29 is 18.9 Å². The van der Waals surface area contributed by atoms with Gasteiger partial charge < -0.3 is 18.9 Å². The fraction of sp³-hybridized carbons (Fsp3) is 0.867. The molecule has 1 aliphatic rings. The van der Waals surface area contributed by atoms with Crippen LogP contribution < -0.4 is 0 Å². The molecule has 4 nitrogen and oxygen atoms in total. The fourth-order valence-corrected chi connectivity index (χ4v) is 2.17. The highest BCUT2D eigenvalue weighted by Gasteiger charge is 2.13. The normalized spacial score (nSPS) is 21.1. The summed E-state index contributed by atoms with van der Waals surface area (Å²) in [6.45, 7) is 3.63. The zero-order valence-electron chi connectivity index (χ0n) is 12.5. The van der Waals surface area contributed by atoms with Crippen LogP contribution in [0.5, 0.6) is 0 Å². The van der Waals surface area contributed by atoms with Crippen LogP contribution in [0.3, 0.4) is 0 Å². The molecule has 0 aliphatic carbocycles. The van der Waals surface area contributed by atoms with Crippen molar-refractivity contribution >= 4 is 0 Å². The molecule has 1 saturated heterocycles. The first kappa shape index (κ1) is 16.6. The third-order valence-corrected chi connectivity index (χ3v) is 3.47. The van der Waals surface area contributed by atoms with E-state index in [1.165, 1.54) is 12.0 Å². The third kappa shape index (κ3) is 7.06. The van der Waals surface area contributed by atoms with Crippen molar-refractivity contribution in [1.82, 2.24) is 0 Å². The van der Waals surface area contributed by atoms with Gasteiger partial charge in [-0.2, -0.15) is 0 Å². The minimum absolute atomic E-state index is 0.00574. The van der Waals surface area contributed by atoms with Crippen LogP contribution in [0.15, 0.2) is 11.6 Å². The topological polar surface area (TPSA) is 36.9 Å². The maximum Gasteiger partial charge on any atom is 0.157 e. The molecule has 1 rings (SSSR count). The van der Waals surface area contributed by atoms with Crippen molar-refractivity contribution in [1.29, 1.82) is 0 Å². The quantitative estimate of drug-likeness (QED) is 0.477. The largest absolute Gasteiger partial charge is 0.356 e. The summed E-state index contributed by atoms with van der Waals surface area (Å²) in [6.07, 6.45) is 8.33. The third-order valence-electron chi connectivity index (χ3n) is 3.47. The first-order chi connectivity index (χ1) is 9.30. The highest BCUT2D eigenvalue weighted by Crippen LogP contribution is 2.16. The van der Waals surface area contributed by atoms with E-state index in [1.54, 1.807) is 14.2 Å². The average molecular weight is 272 g/mol. The van der Waals surface area contributed by atoms with E-state index >= 15 is 0 Å². The predicted molar refractivity (Wildman–Crippen MR) is 75.0 cm³/mol. The standard InChI is InChI=1S/C15H28O4/c1-4-13(8-9-14(16-2)17-3)10-12-19-15-7-5-6-11-18-15/h10,14-15H,4-9,11-12H2,1-3H3/b13-10-. The lowest BCUT2D eigenvalue weighted by atomic mass is 10.1. The number of ether oxygens (including phenoxy) is 4. The lowest BCUT2D eigenvalue weighted by Crippen LogP contribution is -2.22. The molecule has 1 atom stereocenters. The molecule has 1 heterocycles. The summed E-state index contributed by atoms with van der Waals surface area (Å²) in [5.74, 6) is 0. The van der Waals surface area contributed by atoms with E-state index in [4.69, 9.17) is 18.9 Å². The minimum Gasteiger partial charge on any atom is -0.356 e. The van der Waals surface area contributed by atoms with Crippen molar-refractivity contribution in [2.45, 2.75) is 58.0 Å². The van der Waals surface area contributed by atoms with Crippen LogP contribution >= 0.6 is 0 Å². The second kappa shape index (κ2) is 10.4. The molecule has 4 heteroatoms. The van der Waals surface area contributed by atoms with E-state index in [0.717, 1.165) is 38.7 Å². The Labute approximate surface area is 117 Å². The number of methoxy groups -OCH3 is 2. The van der Waals surface area contributed by atoms with E-state index < -0.39 is 0 Å². The molecule has 112 valence electrons. The SMILES string of the molecule is CC/C(=C/COC1CCCCO1)CCC(OC)OC. The van der Waals surface area contributed by atoms with Gasteiger partial charge >= 0.3 is 0 Å². The Hall–Kier alpha value is -0.420. The molecule has 0 radical (unpaired) electrons. The van der Waals surface area contributed by atoms with Crippen LogP contribution in [0.1, 0.15) is 45.4 Å². The molecule has 0 spiro atoms. The van der Waals surface area contributed by atoms with Gasteiger partial charge in [0.1, 0.15) is 0 Å². The zero-order chi connectivity index (χ0) is 13.9.